The molecule has 0 atom stereocenters. The highest BCUT2D eigenvalue weighted by molar-refractivity contribution is 7.93. The molecule has 0 amide bonds. The number of benzene rings is 1. The molecule has 0 bridgehead atoms. The third kappa shape index (κ3) is 6.47. The molecule has 0 radical (unpaired) electrons. The largest absolute Gasteiger partial charge is 0.492 e. The van der Waals surface area contributed by atoms with Gasteiger partial charge in [-0.05, 0) is 48.9 Å². The van der Waals surface area contributed by atoms with E-state index in [1.165, 1.54) is 38.9 Å². The predicted octanol–water partition coefficient (Wildman–Crippen LogP) is 5.25. The second-order valence-electron chi connectivity index (χ2n) is 6.64. The van der Waals surface area contributed by atoms with E-state index in [0.29, 0.717) is 18.0 Å². The van der Waals surface area contributed by atoms with E-state index in [-0.39, 0.29) is 9.77 Å². The van der Waals surface area contributed by atoms with E-state index in [4.69, 9.17) is 4.74 Å². The molecule has 1 N–H and O–H groups in total. The first-order chi connectivity index (χ1) is 13.9. The van der Waals surface area contributed by atoms with Gasteiger partial charge in [-0.2, -0.15) is 0 Å². The van der Waals surface area contributed by atoms with Crippen molar-refractivity contribution in [3.05, 3.63) is 40.1 Å². The maximum absolute atomic E-state index is 12.8. The summed E-state index contributed by atoms with van der Waals surface area (Å²) in [5.74, 6) is -0.194. The van der Waals surface area contributed by atoms with Gasteiger partial charge in [0.05, 0.1) is 19.4 Å². The Kier molecular flexibility index (Phi) is 8.98. The first-order valence-corrected chi connectivity index (χ1v) is 12.2. The summed E-state index contributed by atoms with van der Waals surface area (Å²) in [7, 11) is -2.73. The van der Waals surface area contributed by atoms with Gasteiger partial charge in [-0.25, -0.2) is 13.2 Å². The Morgan fingerprint density at radius 3 is 2.55 bits per heavy atom. The van der Waals surface area contributed by atoms with Crippen LogP contribution in [-0.2, 0) is 21.2 Å². The average molecular weight is 440 g/mol. The molecule has 0 unspecified atom stereocenters. The standard InChI is InChI=1S/C21H29NO5S2/c1-4-6-7-8-9-10-16-11-12-17(18(15-16)27-5-2)22-29(24,25)19-13-14-28-20(19)21(23)26-3/h11-15,22H,4-10H2,1-3H3. The van der Waals surface area contributed by atoms with Crippen LogP contribution in [0.1, 0.15) is 61.2 Å². The van der Waals surface area contributed by atoms with Crippen LogP contribution >= 0.6 is 11.3 Å². The lowest BCUT2D eigenvalue weighted by molar-refractivity contribution is 0.0602. The third-order valence-corrected chi connectivity index (χ3v) is 6.88. The fraction of sp³-hybridized carbons (Fsp3) is 0.476. The number of hydrogen-bond donors (Lipinski definition) is 1. The zero-order valence-corrected chi connectivity index (χ0v) is 18.8. The van der Waals surface area contributed by atoms with Crippen molar-refractivity contribution in [2.45, 2.75) is 57.3 Å². The van der Waals surface area contributed by atoms with Crippen molar-refractivity contribution in [3.8, 4) is 5.75 Å². The van der Waals surface area contributed by atoms with Crippen molar-refractivity contribution in [3.63, 3.8) is 0 Å². The Bertz CT molecular complexity index is 906. The van der Waals surface area contributed by atoms with Crippen molar-refractivity contribution in [1.82, 2.24) is 0 Å². The molecule has 160 valence electrons. The molecule has 0 aliphatic rings. The van der Waals surface area contributed by atoms with E-state index < -0.39 is 16.0 Å². The number of esters is 1. The van der Waals surface area contributed by atoms with Gasteiger partial charge in [0.25, 0.3) is 10.0 Å². The number of rotatable bonds is 12. The highest BCUT2D eigenvalue weighted by Gasteiger charge is 2.25. The second-order valence-corrected chi connectivity index (χ2v) is 9.21. The van der Waals surface area contributed by atoms with Gasteiger partial charge in [0.2, 0.25) is 0 Å². The molecular weight excluding hydrogens is 410 g/mol. The van der Waals surface area contributed by atoms with Gasteiger partial charge in [-0.15, -0.1) is 11.3 Å². The molecule has 0 saturated carbocycles. The number of nitrogens with one attached hydrogen (secondary N) is 1. The molecule has 2 aromatic rings. The summed E-state index contributed by atoms with van der Waals surface area (Å²) >= 11 is 1.03. The molecule has 6 nitrogen and oxygen atoms in total. The normalized spacial score (nSPS) is 11.3. The number of carbonyl (C=O) groups is 1. The molecule has 29 heavy (non-hydrogen) atoms. The molecular formula is C21H29NO5S2. The molecule has 0 saturated heterocycles. The highest BCUT2D eigenvalue weighted by atomic mass is 32.2. The molecule has 1 aromatic carbocycles. The van der Waals surface area contributed by atoms with Gasteiger partial charge in [0.1, 0.15) is 15.5 Å². The lowest BCUT2D eigenvalue weighted by Crippen LogP contribution is -2.16. The second kappa shape index (κ2) is 11.2. The number of methoxy groups -OCH3 is 1. The summed E-state index contributed by atoms with van der Waals surface area (Å²) in [6, 6.07) is 6.91. The number of hydrogen-bond acceptors (Lipinski definition) is 6. The Hall–Kier alpha value is -2.06. The van der Waals surface area contributed by atoms with E-state index in [0.717, 1.165) is 29.7 Å². The monoisotopic (exact) mass is 439 g/mol. The highest BCUT2D eigenvalue weighted by Crippen LogP contribution is 2.31. The summed E-state index contributed by atoms with van der Waals surface area (Å²) < 4.78 is 38.6. The Morgan fingerprint density at radius 2 is 1.86 bits per heavy atom. The van der Waals surface area contributed by atoms with Crippen LogP contribution in [0.3, 0.4) is 0 Å². The van der Waals surface area contributed by atoms with Gasteiger partial charge >= 0.3 is 5.97 Å². The summed E-state index contributed by atoms with van der Waals surface area (Å²) in [6.45, 7) is 4.46. The van der Waals surface area contributed by atoms with Crippen LogP contribution in [0.4, 0.5) is 5.69 Å². The van der Waals surface area contributed by atoms with E-state index in [1.54, 1.807) is 11.4 Å². The SMILES string of the molecule is CCCCCCCc1ccc(NS(=O)(=O)c2ccsc2C(=O)OC)c(OCC)c1. The predicted molar refractivity (Wildman–Crippen MR) is 117 cm³/mol. The van der Waals surface area contributed by atoms with E-state index in [2.05, 4.69) is 16.4 Å². The zero-order valence-electron chi connectivity index (χ0n) is 17.2. The van der Waals surface area contributed by atoms with Crippen LogP contribution < -0.4 is 9.46 Å². The first kappa shape index (κ1) is 23.2. The molecule has 1 aromatic heterocycles. The van der Waals surface area contributed by atoms with Crippen molar-refractivity contribution in [1.29, 1.82) is 0 Å². The number of thiophene rings is 1. The van der Waals surface area contributed by atoms with Crippen molar-refractivity contribution >= 4 is 33.0 Å². The average Bonchev–Trinajstić information content (AvgIpc) is 3.20. The topological polar surface area (TPSA) is 81.7 Å². The summed E-state index contributed by atoms with van der Waals surface area (Å²) in [6.07, 6.45) is 6.89. The Balaban J connectivity index is 2.19. The molecule has 0 spiro atoms. The third-order valence-electron chi connectivity index (χ3n) is 4.45. The van der Waals surface area contributed by atoms with Crippen LogP contribution in [0.5, 0.6) is 5.75 Å². The maximum Gasteiger partial charge on any atom is 0.349 e. The van der Waals surface area contributed by atoms with Crippen LogP contribution in [0.15, 0.2) is 34.5 Å². The quantitative estimate of drug-likeness (QED) is 0.361. The minimum absolute atomic E-state index is 0.0432. The van der Waals surface area contributed by atoms with Gasteiger partial charge in [0.15, 0.2) is 0 Å². The molecule has 0 aliphatic heterocycles. The number of sulfonamides is 1. The van der Waals surface area contributed by atoms with Crippen molar-refractivity contribution in [2.24, 2.45) is 0 Å². The van der Waals surface area contributed by atoms with Gasteiger partial charge in [-0.3, -0.25) is 4.72 Å². The maximum atomic E-state index is 12.8. The molecule has 0 fully saturated rings. The fourth-order valence-electron chi connectivity index (χ4n) is 2.96. The van der Waals surface area contributed by atoms with Crippen LogP contribution in [0, 0.1) is 0 Å². The van der Waals surface area contributed by atoms with E-state index >= 15 is 0 Å². The Morgan fingerprint density at radius 1 is 1.10 bits per heavy atom. The Labute approximate surface area is 177 Å². The minimum Gasteiger partial charge on any atom is -0.492 e. The van der Waals surface area contributed by atoms with Gasteiger partial charge in [-0.1, -0.05) is 38.7 Å². The number of aryl methyl sites for hydroxylation is 1. The van der Waals surface area contributed by atoms with E-state index in [1.807, 2.05) is 19.1 Å². The van der Waals surface area contributed by atoms with Crippen molar-refractivity contribution < 1.29 is 22.7 Å². The van der Waals surface area contributed by atoms with Crippen LogP contribution in [0.2, 0.25) is 0 Å². The summed E-state index contributed by atoms with van der Waals surface area (Å²) in [5.41, 5.74) is 1.46. The van der Waals surface area contributed by atoms with Gasteiger partial charge < -0.3 is 9.47 Å². The molecule has 0 aliphatic carbocycles. The van der Waals surface area contributed by atoms with Crippen molar-refractivity contribution in [2.75, 3.05) is 18.4 Å². The lowest BCUT2D eigenvalue weighted by atomic mass is 10.0. The summed E-state index contributed by atoms with van der Waals surface area (Å²) in [5, 5.41) is 1.55. The first-order valence-electron chi connectivity index (χ1n) is 9.87. The number of carbonyl (C=O) groups excluding carboxylic acids is 1. The summed E-state index contributed by atoms with van der Waals surface area (Å²) in [4.78, 5) is 11.8. The molecule has 1 heterocycles. The van der Waals surface area contributed by atoms with Crippen LogP contribution in [-0.4, -0.2) is 28.1 Å². The number of anilines is 1. The smallest absolute Gasteiger partial charge is 0.349 e. The van der Waals surface area contributed by atoms with Crippen LogP contribution in [0.25, 0.3) is 0 Å². The lowest BCUT2D eigenvalue weighted by Gasteiger charge is -2.14. The molecule has 2 rings (SSSR count). The minimum atomic E-state index is -3.96. The number of ether oxygens (including phenoxy) is 2. The fourth-order valence-corrected chi connectivity index (χ4v) is 5.37. The van der Waals surface area contributed by atoms with E-state index in [9.17, 15) is 13.2 Å². The number of unbranched alkanes of at least 4 members (excludes halogenated alkanes) is 4. The zero-order chi connectivity index (χ0) is 21.3. The molecule has 8 heteroatoms. The van der Waals surface area contributed by atoms with Gasteiger partial charge in [0, 0.05) is 0 Å².